The van der Waals surface area contributed by atoms with Crippen LogP contribution in [0.4, 0.5) is 0 Å². The zero-order valence-corrected chi connectivity index (χ0v) is 5.38. The fraction of sp³-hybridized carbons (Fsp3) is 0.111. The predicted octanol–water partition coefficient (Wildman–Crippen LogP) is 2.47. The summed E-state index contributed by atoms with van der Waals surface area (Å²) in [6.45, 7) is 7.55. The molecule has 1 aliphatic carbocycles. The Morgan fingerprint density at radius 2 is 2.22 bits per heavy atom. The minimum absolute atomic E-state index is 0.356. The lowest BCUT2D eigenvalue weighted by molar-refractivity contribution is 1.01. The zero-order valence-electron chi connectivity index (χ0n) is 5.38. The molecule has 0 bridgehead atoms. The maximum absolute atomic E-state index is 3.86. The second kappa shape index (κ2) is 2.49. The van der Waals surface area contributed by atoms with Crippen molar-refractivity contribution < 1.29 is 0 Å². The number of hydrogen-bond acceptors (Lipinski definition) is 0. The first-order valence-corrected chi connectivity index (χ1v) is 3.01. The van der Waals surface area contributed by atoms with Crippen molar-refractivity contribution in [3.63, 3.8) is 0 Å². The van der Waals surface area contributed by atoms with Gasteiger partial charge in [0.2, 0.25) is 0 Å². The molecule has 1 rings (SSSR count). The van der Waals surface area contributed by atoms with E-state index in [4.69, 9.17) is 0 Å². The second-order valence-corrected chi connectivity index (χ2v) is 2.08. The Hall–Kier alpha value is -1.04. The molecule has 0 radical (unpaired) electrons. The van der Waals surface area contributed by atoms with Crippen LogP contribution in [0.5, 0.6) is 0 Å². The smallest absolute Gasteiger partial charge is 0.0193 e. The lowest BCUT2D eigenvalue weighted by Gasteiger charge is -2.08. The SMILES string of the molecule is C=CC1C=CC=CC1=C. The molecule has 9 heavy (non-hydrogen) atoms. The van der Waals surface area contributed by atoms with Crippen LogP contribution >= 0.6 is 0 Å². The van der Waals surface area contributed by atoms with E-state index in [9.17, 15) is 0 Å². The van der Waals surface area contributed by atoms with E-state index in [0.29, 0.717) is 5.92 Å². The summed E-state index contributed by atoms with van der Waals surface area (Å²) >= 11 is 0. The van der Waals surface area contributed by atoms with E-state index in [0.717, 1.165) is 5.57 Å². The minimum Gasteiger partial charge on any atom is -0.102 e. The van der Waals surface area contributed by atoms with Crippen LogP contribution in [-0.2, 0) is 0 Å². The van der Waals surface area contributed by atoms with Crippen LogP contribution in [0, 0.1) is 5.92 Å². The van der Waals surface area contributed by atoms with Gasteiger partial charge in [0.1, 0.15) is 0 Å². The van der Waals surface area contributed by atoms with E-state index in [1.807, 2.05) is 24.3 Å². The third-order valence-corrected chi connectivity index (χ3v) is 1.42. The average Bonchev–Trinajstić information content (AvgIpc) is 1.89. The normalized spacial score (nSPS) is 24.4. The van der Waals surface area contributed by atoms with Crippen molar-refractivity contribution >= 4 is 0 Å². The third-order valence-electron chi connectivity index (χ3n) is 1.42. The van der Waals surface area contributed by atoms with E-state index in [1.165, 1.54) is 0 Å². The summed E-state index contributed by atoms with van der Waals surface area (Å²) < 4.78 is 0. The molecule has 0 aromatic rings. The van der Waals surface area contributed by atoms with Crippen molar-refractivity contribution in [1.29, 1.82) is 0 Å². The van der Waals surface area contributed by atoms with Gasteiger partial charge in [0.15, 0.2) is 0 Å². The first kappa shape index (κ1) is 6.09. The van der Waals surface area contributed by atoms with E-state index < -0.39 is 0 Å². The third kappa shape index (κ3) is 1.20. The van der Waals surface area contributed by atoms with Crippen molar-refractivity contribution in [2.24, 2.45) is 5.92 Å². The summed E-state index contributed by atoms with van der Waals surface area (Å²) in [5, 5.41) is 0. The molecule has 0 N–H and O–H groups in total. The van der Waals surface area contributed by atoms with Crippen LogP contribution < -0.4 is 0 Å². The second-order valence-electron chi connectivity index (χ2n) is 2.08. The molecule has 1 atom stereocenters. The van der Waals surface area contributed by atoms with Gasteiger partial charge in [-0.1, -0.05) is 37.0 Å². The van der Waals surface area contributed by atoms with Crippen LogP contribution in [0.3, 0.4) is 0 Å². The van der Waals surface area contributed by atoms with Crippen molar-refractivity contribution in [2.75, 3.05) is 0 Å². The topological polar surface area (TPSA) is 0 Å². The molecular formula is C9H10. The molecule has 0 fully saturated rings. The largest absolute Gasteiger partial charge is 0.102 e. The maximum Gasteiger partial charge on any atom is 0.0193 e. The van der Waals surface area contributed by atoms with Gasteiger partial charge >= 0.3 is 0 Å². The lowest BCUT2D eigenvalue weighted by atomic mass is 9.96. The van der Waals surface area contributed by atoms with E-state index in [-0.39, 0.29) is 0 Å². The van der Waals surface area contributed by atoms with E-state index in [1.54, 1.807) is 0 Å². The van der Waals surface area contributed by atoms with E-state index in [2.05, 4.69) is 19.2 Å². The van der Waals surface area contributed by atoms with Crippen molar-refractivity contribution in [3.05, 3.63) is 49.1 Å². The fourth-order valence-electron chi connectivity index (χ4n) is 0.828. The highest BCUT2D eigenvalue weighted by Gasteiger charge is 2.02. The molecule has 0 aromatic carbocycles. The molecule has 0 saturated carbocycles. The predicted molar refractivity (Wildman–Crippen MR) is 41.1 cm³/mol. The number of hydrogen-bond donors (Lipinski definition) is 0. The van der Waals surface area contributed by atoms with Crippen molar-refractivity contribution in [3.8, 4) is 0 Å². The molecule has 0 aromatic heterocycles. The quantitative estimate of drug-likeness (QED) is 0.464. The summed E-state index contributed by atoms with van der Waals surface area (Å²) in [5.74, 6) is 0.356. The Kier molecular flexibility index (Phi) is 1.69. The van der Waals surface area contributed by atoms with Crippen LogP contribution in [0.15, 0.2) is 49.1 Å². The van der Waals surface area contributed by atoms with Gasteiger partial charge in [0.25, 0.3) is 0 Å². The first-order chi connectivity index (χ1) is 4.34. The van der Waals surface area contributed by atoms with Gasteiger partial charge in [-0.3, -0.25) is 0 Å². The molecular weight excluding hydrogens is 108 g/mol. The summed E-state index contributed by atoms with van der Waals surface area (Å²) in [4.78, 5) is 0. The molecule has 0 heterocycles. The first-order valence-electron chi connectivity index (χ1n) is 3.01. The van der Waals surface area contributed by atoms with Gasteiger partial charge in [0, 0.05) is 5.92 Å². The molecule has 0 nitrogen and oxygen atoms in total. The number of rotatable bonds is 1. The molecule has 0 heteroatoms. The fourth-order valence-corrected chi connectivity index (χ4v) is 0.828. The minimum atomic E-state index is 0.356. The average molecular weight is 118 g/mol. The van der Waals surface area contributed by atoms with E-state index >= 15 is 0 Å². The van der Waals surface area contributed by atoms with Crippen LogP contribution in [0.2, 0.25) is 0 Å². The molecule has 0 aliphatic heterocycles. The summed E-state index contributed by atoms with van der Waals surface area (Å²) in [6, 6.07) is 0. The van der Waals surface area contributed by atoms with Gasteiger partial charge in [0.05, 0.1) is 0 Å². The Bertz CT molecular complexity index is 182. The van der Waals surface area contributed by atoms with Gasteiger partial charge in [-0.05, 0) is 5.57 Å². The monoisotopic (exact) mass is 118 g/mol. The van der Waals surface area contributed by atoms with Crippen molar-refractivity contribution in [1.82, 2.24) is 0 Å². The summed E-state index contributed by atoms with van der Waals surface area (Å²) in [6.07, 6.45) is 9.98. The van der Waals surface area contributed by atoms with Crippen LogP contribution in [0.25, 0.3) is 0 Å². The summed E-state index contributed by atoms with van der Waals surface area (Å²) in [7, 11) is 0. The number of allylic oxidation sites excluding steroid dienone is 6. The molecule has 1 aliphatic rings. The zero-order chi connectivity index (χ0) is 6.69. The Labute approximate surface area is 55.9 Å². The molecule has 0 spiro atoms. The lowest BCUT2D eigenvalue weighted by Crippen LogP contribution is -1.94. The maximum atomic E-state index is 3.86. The van der Waals surface area contributed by atoms with Gasteiger partial charge in [-0.2, -0.15) is 0 Å². The van der Waals surface area contributed by atoms with Gasteiger partial charge in [-0.15, -0.1) is 6.58 Å². The molecule has 1 unspecified atom stereocenters. The van der Waals surface area contributed by atoms with Crippen LogP contribution in [0.1, 0.15) is 0 Å². The standard InChI is InChI=1S/C9H10/c1-3-9-7-5-4-6-8(9)2/h3-7,9H,1-2H2. The van der Waals surface area contributed by atoms with Gasteiger partial charge < -0.3 is 0 Å². The van der Waals surface area contributed by atoms with Gasteiger partial charge in [-0.25, -0.2) is 0 Å². The highest BCUT2D eigenvalue weighted by molar-refractivity contribution is 5.33. The highest BCUT2D eigenvalue weighted by Crippen LogP contribution is 2.16. The van der Waals surface area contributed by atoms with Crippen LogP contribution in [-0.4, -0.2) is 0 Å². The highest BCUT2D eigenvalue weighted by atomic mass is 14.1. The molecule has 0 saturated heterocycles. The van der Waals surface area contributed by atoms with Crippen molar-refractivity contribution in [2.45, 2.75) is 0 Å². The molecule has 0 amide bonds. The Morgan fingerprint density at radius 3 is 2.67 bits per heavy atom. The Balaban J connectivity index is 2.77. The Morgan fingerprint density at radius 1 is 1.44 bits per heavy atom. The molecule has 46 valence electrons. The summed E-state index contributed by atoms with van der Waals surface area (Å²) in [5.41, 5.74) is 1.12.